The summed E-state index contributed by atoms with van der Waals surface area (Å²) in [4.78, 5) is 16.2. The van der Waals surface area contributed by atoms with Crippen LogP contribution in [0.3, 0.4) is 0 Å². The molecule has 3 atom stereocenters. The van der Waals surface area contributed by atoms with E-state index in [1.165, 1.54) is 12.8 Å². The molecule has 2 fully saturated rings. The van der Waals surface area contributed by atoms with Gasteiger partial charge >= 0.3 is 0 Å². The lowest BCUT2D eigenvalue weighted by molar-refractivity contribution is -0.121. The molecule has 2 aliphatic rings. The molecule has 0 bridgehead atoms. The fraction of sp³-hybridized carbons (Fsp3) is 0.846. The number of amides is 1. The average molecular weight is 253 g/mol. The molecule has 0 radical (unpaired) electrons. The molecular weight excluding hydrogens is 230 g/mol. The molecule has 2 rings (SSSR count). The quantitative estimate of drug-likeness (QED) is 0.732. The Balaban J connectivity index is 1.90. The van der Waals surface area contributed by atoms with E-state index in [1.807, 2.05) is 0 Å². The first-order valence-corrected chi connectivity index (χ1v) is 6.81. The van der Waals surface area contributed by atoms with Gasteiger partial charge in [0.2, 0.25) is 5.91 Å². The zero-order valence-corrected chi connectivity index (χ0v) is 11.2. The molecule has 102 valence electrons. The van der Waals surface area contributed by atoms with E-state index in [1.54, 1.807) is 7.11 Å². The molecule has 1 saturated heterocycles. The third kappa shape index (κ3) is 3.22. The van der Waals surface area contributed by atoms with Crippen LogP contribution >= 0.6 is 0 Å². The lowest BCUT2D eigenvalue weighted by atomic mass is 9.78. The van der Waals surface area contributed by atoms with Gasteiger partial charge in [-0.05, 0) is 24.7 Å². The van der Waals surface area contributed by atoms with Crippen molar-refractivity contribution in [2.75, 3.05) is 20.3 Å². The number of hydrogen-bond acceptors (Lipinski definition) is 3. The van der Waals surface area contributed by atoms with Crippen molar-refractivity contribution in [2.45, 2.75) is 38.6 Å². The number of nitrogens with one attached hydrogen (secondary N) is 2. The Hall–Kier alpha value is -1.10. The maximum absolute atomic E-state index is 11.9. The van der Waals surface area contributed by atoms with Gasteiger partial charge in [0.1, 0.15) is 6.04 Å². The number of nitrogens with zero attached hydrogens (tertiary/aromatic N) is 1. The van der Waals surface area contributed by atoms with E-state index in [9.17, 15) is 4.79 Å². The van der Waals surface area contributed by atoms with Crippen molar-refractivity contribution in [3.05, 3.63) is 0 Å². The van der Waals surface area contributed by atoms with Crippen LogP contribution in [-0.2, 0) is 9.53 Å². The van der Waals surface area contributed by atoms with Crippen LogP contribution in [0.5, 0.6) is 0 Å². The normalized spacial score (nSPS) is 34.4. The van der Waals surface area contributed by atoms with E-state index in [-0.39, 0.29) is 11.9 Å². The molecule has 1 saturated carbocycles. The van der Waals surface area contributed by atoms with Crippen molar-refractivity contribution in [3.8, 4) is 0 Å². The van der Waals surface area contributed by atoms with Gasteiger partial charge in [-0.15, -0.1) is 0 Å². The molecule has 0 aromatic rings. The Kier molecular flexibility index (Phi) is 4.58. The first-order chi connectivity index (χ1) is 8.70. The third-order valence-corrected chi connectivity index (χ3v) is 3.83. The minimum absolute atomic E-state index is 0.0743. The van der Waals surface area contributed by atoms with Gasteiger partial charge in [0.25, 0.3) is 0 Å². The SMILES string of the molecule is COCCN=C1NC(=O)C(C2CCCC(C)C2)N1. The molecule has 1 heterocycles. The van der Waals surface area contributed by atoms with Crippen LogP contribution in [0.15, 0.2) is 4.99 Å². The summed E-state index contributed by atoms with van der Waals surface area (Å²) < 4.78 is 4.94. The van der Waals surface area contributed by atoms with Crippen LogP contribution in [0.2, 0.25) is 0 Å². The van der Waals surface area contributed by atoms with Gasteiger partial charge in [0.15, 0.2) is 5.96 Å². The number of guanidine groups is 1. The Bertz CT molecular complexity index is 330. The summed E-state index contributed by atoms with van der Waals surface area (Å²) in [5, 5.41) is 6.04. The highest BCUT2D eigenvalue weighted by atomic mass is 16.5. The number of carbonyl (C=O) groups is 1. The van der Waals surface area contributed by atoms with Gasteiger partial charge < -0.3 is 10.1 Å². The molecule has 1 aliphatic heterocycles. The highest BCUT2D eigenvalue weighted by Gasteiger charge is 2.36. The summed E-state index contributed by atoms with van der Waals surface area (Å²) in [6.07, 6.45) is 4.80. The fourth-order valence-corrected chi connectivity index (χ4v) is 2.89. The first kappa shape index (κ1) is 13.3. The topological polar surface area (TPSA) is 62.7 Å². The maximum atomic E-state index is 11.9. The molecule has 0 spiro atoms. The second kappa shape index (κ2) is 6.18. The third-order valence-electron chi connectivity index (χ3n) is 3.83. The Morgan fingerprint density at radius 1 is 1.44 bits per heavy atom. The van der Waals surface area contributed by atoms with E-state index >= 15 is 0 Å². The second-order valence-electron chi connectivity index (χ2n) is 5.37. The van der Waals surface area contributed by atoms with Gasteiger partial charge in [-0.2, -0.15) is 0 Å². The van der Waals surface area contributed by atoms with E-state index in [4.69, 9.17) is 4.74 Å². The smallest absolute Gasteiger partial charge is 0.249 e. The minimum atomic E-state index is -0.0888. The van der Waals surface area contributed by atoms with Crippen molar-refractivity contribution in [2.24, 2.45) is 16.8 Å². The van der Waals surface area contributed by atoms with Crippen LogP contribution in [0.25, 0.3) is 0 Å². The molecule has 3 unspecified atom stereocenters. The number of rotatable bonds is 4. The van der Waals surface area contributed by atoms with Crippen LogP contribution < -0.4 is 10.6 Å². The first-order valence-electron chi connectivity index (χ1n) is 6.81. The van der Waals surface area contributed by atoms with Crippen LogP contribution in [0.4, 0.5) is 0 Å². The lowest BCUT2D eigenvalue weighted by Gasteiger charge is -2.29. The predicted octanol–water partition coefficient (Wildman–Crippen LogP) is 0.903. The minimum Gasteiger partial charge on any atom is -0.383 e. The Labute approximate surface area is 108 Å². The van der Waals surface area contributed by atoms with Crippen molar-refractivity contribution in [1.29, 1.82) is 0 Å². The van der Waals surface area contributed by atoms with Crippen LogP contribution in [0.1, 0.15) is 32.6 Å². The number of methoxy groups -OCH3 is 1. The highest BCUT2D eigenvalue weighted by Crippen LogP contribution is 2.31. The molecule has 5 heteroatoms. The molecule has 1 amide bonds. The summed E-state index contributed by atoms with van der Waals surface area (Å²) in [6, 6.07) is -0.0888. The number of carbonyl (C=O) groups excluding carboxylic acids is 1. The molecule has 5 nitrogen and oxygen atoms in total. The second-order valence-corrected chi connectivity index (χ2v) is 5.37. The molecule has 1 aliphatic carbocycles. The van der Waals surface area contributed by atoms with Gasteiger partial charge in [0.05, 0.1) is 13.2 Å². The number of aliphatic imine (C=N–C) groups is 1. The standard InChI is InChI=1S/C13H23N3O2/c1-9-4-3-5-10(8-9)11-12(17)16-13(15-11)14-6-7-18-2/h9-11H,3-8H2,1-2H3,(H2,14,15,16,17). The zero-order chi connectivity index (χ0) is 13.0. The summed E-state index contributed by atoms with van der Waals surface area (Å²) in [7, 11) is 1.65. The number of ether oxygens (including phenoxy) is 1. The summed E-state index contributed by atoms with van der Waals surface area (Å²) >= 11 is 0. The van der Waals surface area contributed by atoms with Crippen LogP contribution in [0, 0.1) is 11.8 Å². The molecule has 2 N–H and O–H groups in total. The van der Waals surface area contributed by atoms with E-state index in [0.29, 0.717) is 25.0 Å². The monoisotopic (exact) mass is 253 g/mol. The molecule has 0 aromatic heterocycles. The highest BCUT2D eigenvalue weighted by molar-refractivity contribution is 6.06. The van der Waals surface area contributed by atoms with E-state index in [0.717, 1.165) is 18.8 Å². The molecule has 18 heavy (non-hydrogen) atoms. The zero-order valence-electron chi connectivity index (χ0n) is 11.2. The van der Waals surface area contributed by atoms with E-state index in [2.05, 4.69) is 22.5 Å². The maximum Gasteiger partial charge on any atom is 0.249 e. The van der Waals surface area contributed by atoms with Gasteiger partial charge in [-0.1, -0.05) is 19.8 Å². The van der Waals surface area contributed by atoms with E-state index < -0.39 is 0 Å². The molecule has 0 aromatic carbocycles. The Morgan fingerprint density at radius 3 is 3.00 bits per heavy atom. The largest absolute Gasteiger partial charge is 0.383 e. The Morgan fingerprint density at radius 2 is 2.28 bits per heavy atom. The van der Waals surface area contributed by atoms with Crippen molar-refractivity contribution in [1.82, 2.24) is 10.6 Å². The van der Waals surface area contributed by atoms with Crippen molar-refractivity contribution in [3.63, 3.8) is 0 Å². The summed E-state index contributed by atoms with van der Waals surface area (Å²) in [6.45, 7) is 3.42. The van der Waals surface area contributed by atoms with Gasteiger partial charge in [0, 0.05) is 7.11 Å². The van der Waals surface area contributed by atoms with Gasteiger partial charge in [-0.25, -0.2) is 0 Å². The number of hydrogen-bond donors (Lipinski definition) is 2. The summed E-state index contributed by atoms with van der Waals surface area (Å²) in [5.41, 5.74) is 0. The van der Waals surface area contributed by atoms with Crippen LogP contribution in [-0.4, -0.2) is 38.2 Å². The van der Waals surface area contributed by atoms with Crippen molar-refractivity contribution < 1.29 is 9.53 Å². The lowest BCUT2D eigenvalue weighted by Crippen LogP contribution is -2.39. The van der Waals surface area contributed by atoms with Crippen molar-refractivity contribution >= 4 is 11.9 Å². The van der Waals surface area contributed by atoms with Gasteiger partial charge in [-0.3, -0.25) is 15.1 Å². The average Bonchev–Trinajstić information content (AvgIpc) is 2.71. The fourth-order valence-electron chi connectivity index (χ4n) is 2.89. The summed E-state index contributed by atoms with van der Waals surface area (Å²) in [5.74, 6) is 1.86. The predicted molar refractivity (Wildman–Crippen MR) is 70.4 cm³/mol. The molecular formula is C13H23N3O2.